The number of nitrogens with zero attached hydrogens (tertiary/aromatic N) is 5. The fourth-order valence-corrected chi connectivity index (χ4v) is 4.07. The molecule has 0 amide bonds. The van der Waals surface area contributed by atoms with E-state index in [1.54, 1.807) is 24.5 Å². The molecular formula is C23H21N7. The number of aromatic nitrogens is 4. The summed E-state index contributed by atoms with van der Waals surface area (Å²) in [6, 6.07) is 16.5. The molecule has 0 bridgehead atoms. The molecule has 30 heavy (non-hydrogen) atoms. The van der Waals surface area contributed by atoms with Crippen molar-refractivity contribution in [2.75, 3.05) is 11.9 Å². The van der Waals surface area contributed by atoms with Crippen LogP contribution in [0.4, 0.5) is 11.6 Å². The van der Waals surface area contributed by atoms with Gasteiger partial charge in [0.05, 0.1) is 23.6 Å². The van der Waals surface area contributed by atoms with Crippen LogP contribution in [0.1, 0.15) is 35.8 Å². The number of nitrogens with one attached hydrogen (secondary N) is 2. The Morgan fingerprint density at radius 3 is 3.00 bits per heavy atom. The monoisotopic (exact) mass is 395 g/mol. The van der Waals surface area contributed by atoms with Gasteiger partial charge in [-0.25, -0.2) is 15.0 Å². The van der Waals surface area contributed by atoms with E-state index in [2.05, 4.69) is 49.4 Å². The number of anilines is 2. The number of H-pyrrole nitrogens is 1. The van der Waals surface area contributed by atoms with Crippen molar-refractivity contribution in [2.45, 2.75) is 25.4 Å². The smallest absolute Gasteiger partial charge is 0.227 e. The largest absolute Gasteiger partial charge is 0.361 e. The SMILES string of the molecule is N#Cc1ccc(Nc2nccc(C3CCCN3Cc3ccc4[nH]ccc4c3)n2)cn1. The first-order chi connectivity index (χ1) is 14.8. The average molecular weight is 395 g/mol. The zero-order valence-electron chi connectivity index (χ0n) is 16.4. The van der Waals surface area contributed by atoms with Crippen LogP contribution in [-0.4, -0.2) is 31.4 Å². The molecule has 1 aliphatic rings. The second-order valence-corrected chi connectivity index (χ2v) is 7.50. The van der Waals surface area contributed by atoms with E-state index < -0.39 is 0 Å². The van der Waals surface area contributed by atoms with Gasteiger partial charge in [0.2, 0.25) is 5.95 Å². The number of rotatable bonds is 5. The topological polar surface area (TPSA) is 93.5 Å². The highest BCUT2D eigenvalue weighted by molar-refractivity contribution is 5.79. The van der Waals surface area contributed by atoms with Crippen LogP contribution < -0.4 is 5.32 Å². The zero-order chi connectivity index (χ0) is 20.3. The van der Waals surface area contributed by atoms with Crippen molar-refractivity contribution in [1.29, 1.82) is 5.26 Å². The van der Waals surface area contributed by atoms with Crippen molar-refractivity contribution >= 4 is 22.5 Å². The van der Waals surface area contributed by atoms with E-state index in [4.69, 9.17) is 10.2 Å². The average Bonchev–Trinajstić information content (AvgIpc) is 3.43. The number of nitriles is 1. The van der Waals surface area contributed by atoms with Crippen molar-refractivity contribution < 1.29 is 0 Å². The second-order valence-electron chi connectivity index (χ2n) is 7.50. The molecule has 1 aliphatic heterocycles. The van der Waals surface area contributed by atoms with E-state index in [0.29, 0.717) is 11.6 Å². The van der Waals surface area contributed by atoms with Crippen LogP contribution in [0.2, 0.25) is 0 Å². The standard InChI is InChI=1S/C23H21N7/c24-13-18-4-5-19(14-27-18)28-23-26-10-8-21(29-23)22-2-1-11-30(22)15-16-3-6-20-17(12-16)7-9-25-20/h3-10,12,14,22,25H,1-2,11,15H2,(H,26,28,29). The van der Waals surface area contributed by atoms with Gasteiger partial charge < -0.3 is 10.3 Å². The molecule has 2 N–H and O–H groups in total. The summed E-state index contributed by atoms with van der Waals surface area (Å²) >= 11 is 0. The van der Waals surface area contributed by atoms with Crippen molar-refractivity contribution in [2.24, 2.45) is 0 Å². The summed E-state index contributed by atoms with van der Waals surface area (Å²) in [6.07, 6.45) is 7.63. The van der Waals surface area contributed by atoms with Crippen molar-refractivity contribution in [1.82, 2.24) is 24.8 Å². The number of hydrogen-bond acceptors (Lipinski definition) is 6. The number of fused-ring (bicyclic) bond motifs is 1. The van der Waals surface area contributed by atoms with E-state index >= 15 is 0 Å². The maximum Gasteiger partial charge on any atom is 0.227 e. The van der Waals surface area contributed by atoms with Gasteiger partial charge in [0.25, 0.3) is 0 Å². The minimum absolute atomic E-state index is 0.273. The molecule has 1 saturated heterocycles. The summed E-state index contributed by atoms with van der Waals surface area (Å²) in [4.78, 5) is 18.9. The first-order valence-corrected chi connectivity index (χ1v) is 10.0. The van der Waals surface area contributed by atoms with Gasteiger partial charge in [-0.1, -0.05) is 6.07 Å². The third-order valence-corrected chi connectivity index (χ3v) is 5.52. The fourth-order valence-electron chi connectivity index (χ4n) is 4.07. The number of aromatic amines is 1. The van der Waals surface area contributed by atoms with Gasteiger partial charge in [0.1, 0.15) is 11.8 Å². The van der Waals surface area contributed by atoms with Crippen LogP contribution in [-0.2, 0) is 6.54 Å². The molecule has 1 atom stereocenters. The first kappa shape index (κ1) is 18.3. The van der Waals surface area contributed by atoms with Gasteiger partial charge >= 0.3 is 0 Å². The molecule has 1 unspecified atom stereocenters. The minimum atomic E-state index is 0.273. The molecule has 0 aliphatic carbocycles. The summed E-state index contributed by atoms with van der Waals surface area (Å²) in [5, 5.41) is 13.3. The molecule has 4 heterocycles. The maximum atomic E-state index is 8.88. The quantitative estimate of drug-likeness (QED) is 0.523. The first-order valence-electron chi connectivity index (χ1n) is 10.0. The predicted molar refractivity (Wildman–Crippen MR) is 115 cm³/mol. The summed E-state index contributed by atoms with van der Waals surface area (Å²) < 4.78 is 0. The number of pyridine rings is 1. The summed E-state index contributed by atoms with van der Waals surface area (Å²) in [6.45, 7) is 1.96. The van der Waals surface area contributed by atoms with E-state index in [1.165, 1.54) is 16.5 Å². The summed E-state index contributed by atoms with van der Waals surface area (Å²) in [5.74, 6) is 0.541. The van der Waals surface area contributed by atoms with Crippen molar-refractivity contribution in [3.63, 3.8) is 0 Å². The Bertz CT molecular complexity index is 1210. The van der Waals surface area contributed by atoms with Crippen LogP contribution >= 0.6 is 0 Å². The highest BCUT2D eigenvalue weighted by atomic mass is 15.2. The Labute approximate surface area is 174 Å². The highest BCUT2D eigenvalue weighted by Crippen LogP contribution is 2.33. The van der Waals surface area contributed by atoms with E-state index in [9.17, 15) is 0 Å². The number of likely N-dealkylation sites (tertiary alicyclic amines) is 1. The van der Waals surface area contributed by atoms with Crippen LogP contribution in [0.3, 0.4) is 0 Å². The molecule has 5 rings (SSSR count). The molecule has 148 valence electrons. The number of hydrogen-bond donors (Lipinski definition) is 2. The van der Waals surface area contributed by atoms with Gasteiger partial charge in [-0.2, -0.15) is 5.26 Å². The summed E-state index contributed by atoms with van der Waals surface area (Å²) in [7, 11) is 0. The Morgan fingerprint density at radius 2 is 2.13 bits per heavy atom. The third kappa shape index (κ3) is 3.73. The Morgan fingerprint density at radius 1 is 1.17 bits per heavy atom. The van der Waals surface area contributed by atoms with Crippen LogP contribution in [0, 0.1) is 11.3 Å². The molecule has 7 heteroatoms. The lowest BCUT2D eigenvalue weighted by Gasteiger charge is -2.24. The normalized spacial score (nSPS) is 16.6. The highest BCUT2D eigenvalue weighted by Gasteiger charge is 2.27. The maximum absolute atomic E-state index is 8.88. The lowest BCUT2D eigenvalue weighted by Crippen LogP contribution is -2.23. The summed E-state index contributed by atoms with van der Waals surface area (Å²) in [5.41, 5.74) is 4.64. The molecule has 4 aromatic rings. The molecule has 0 radical (unpaired) electrons. The molecular weight excluding hydrogens is 374 g/mol. The molecule has 0 saturated carbocycles. The Hall–Kier alpha value is -3.76. The second kappa shape index (κ2) is 7.93. The van der Waals surface area contributed by atoms with Crippen LogP contribution in [0.15, 0.2) is 61.1 Å². The molecule has 1 fully saturated rings. The number of benzene rings is 1. The third-order valence-electron chi connectivity index (χ3n) is 5.52. The van der Waals surface area contributed by atoms with Crippen molar-refractivity contribution in [3.8, 4) is 6.07 Å². The minimum Gasteiger partial charge on any atom is -0.361 e. The van der Waals surface area contributed by atoms with E-state index in [-0.39, 0.29) is 6.04 Å². The molecule has 1 aromatic carbocycles. The fraction of sp³-hybridized carbons (Fsp3) is 0.217. The van der Waals surface area contributed by atoms with Gasteiger partial charge in [0.15, 0.2) is 0 Å². The Balaban J connectivity index is 1.33. The zero-order valence-corrected chi connectivity index (χ0v) is 16.4. The van der Waals surface area contributed by atoms with E-state index in [1.807, 2.05) is 18.3 Å². The van der Waals surface area contributed by atoms with Gasteiger partial charge in [-0.3, -0.25) is 4.90 Å². The van der Waals surface area contributed by atoms with Crippen LogP contribution in [0.25, 0.3) is 10.9 Å². The molecule has 3 aromatic heterocycles. The molecule has 7 nitrogen and oxygen atoms in total. The van der Waals surface area contributed by atoms with Gasteiger partial charge in [0, 0.05) is 24.5 Å². The lowest BCUT2D eigenvalue weighted by atomic mass is 10.1. The molecule has 0 spiro atoms. The lowest BCUT2D eigenvalue weighted by molar-refractivity contribution is 0.244. The van der Waals surface area contributed by atoms with Gasteiger partial charge in [-0.05, 0) is 66.7 Å². The van der Waals surface area contributed by atoms with Gasteiger partial charge in [-0.15, -0.1) is 0 Å². The van der Waals surface area contributed by atoms with Crippen molar-refractivity contribution in [3.05, 3.63) is 78.0 Å². The Kier molecular flexibility index (Phi) is 4.83. The van der Waals surface area contributed by atoms with E-state index in [0.717, 1.165) is 37.3 Å². The predicted octanol–water partition coefficient (Wildman–Crippen LogP) is 4.31. The van der Waals surface area contributed by atoms with Crippen LogP contribution in [0.5, 0.6) is 0 Å².